The molecular weight excluding hydrogens is 450 g/mol. The Kier molecular flexibility index (Phi) is 5.85. The van der Waals surface area contributed by atoms with Crippen LogP contribution in [0.1, 0.15) is 45.0 Å². The van der Waals surface area contributed by atoms with Gasteiger partial charge in [-0.1, -0.05) is 36.7 Å². The van der Waals surface area contributed by atoms with Gasteiger partial charge in [-0.25, -0.2) is 4.98 Å². The number of hydrazine groups is 1. The Morgan fingerprint density at radius 1 is 1.17 bits per heavy atom. The van der Waals surface area contributed by atoms with Gasteiger partial charge in [0, 0.05) is 34.4 Å². The molecule has 8 nitrogen and oxygen atoms in total. The van der Waals surface area contributed by atoms with Crippen molar-refractivity contribution >= 4 is 55.2 Å². The van der Waals surface area contributed by atoms with Crippen LogP contribution in [0.5, 0.6) is 0 Å². The first-order chi connectivity index (χ1) is 14.0. The molecule has 3 rings (SSSR count). The molecule has 1 unspecified atom stereocenters. The number of hydrogen-bond donors (Lipinski definition) is 4. The molecule has 1 aromatic carbocycles. The van der Waals surface area contributed by atoms with Gasteiger partial charge >= 0.3 is 0 Å². The molecule has 2 heterocycles. The van der Waals surface area contributed by atoms with E-state index in [4.69, 9.17) is 0 Å². The van der Waals surface area contributed by atoms with Gasteiger partial charge in [0.2, 0.25) is 5.91 Å². The van der Waals surface area contributed by atoms with Crippen LogP contribution in [-0.2, 0) is 4.79 Å². The van der Waals surface area contributed by atoms with Crippen molar-refractivity contribution in [3.8, 4) is 0 Å². The Hall–Kier alpha value is -2.94. The van der Waals surface area contributed by atoms with Crippen molar-refractivity contribution in [1.29, 1.82) is 0 Å². The van der Waals surface area contributed by atoms with E-state index < -0.39 is 11.8 Å². The number of aromatic amines is 1. The number of nitrogens with zero attached hydrogens (tertiary/aromatic N) is 1. The summed E-state index contributed by atoms with van der Waals surface area (Å²) < 4.78 is 0.796. The molecule has 4 N–H and O–H groups in total. The van der Waals surface area contributed by atoms with Crippen LogP contribution in [0.3, 0.4) is 0 Å². The molecule has 158 valence electrons. The molecule has 3 aromatic rings. The molecule has 2 amide bonds. The third-order valence-electron chi connectivity index (χ3n) is 5.05. The third-order valence-corrected chi connectivity index (χ3v) is 5.54. The molecule has 0 bridgehead atoms. The summed E-state index contributed by atoms with van der Waals surface area (Å²) in [6.45, 7) is 9.67. The number of fused-ring (bicyclic) bond motifs is 3. The molecule has 0 spiro atoms. The zero-order valence-corrected chi connectivity index (χ0v) is 19.0. The summed E-state index contributed by atoms with van der Waals surface area (Å²) in [6, 6.07) is 5.65. The van der Waals surface area contributed by atoms with E-state index in [1.54, 1.807) is 0 Å². The average molecular weight is 474 g/mol. The lowest BCUT2D eigenvalue weighted by Gasteiger charge is -2.29. The monoisotopic (exact) mass is 473 g/mol. The topological polar surface area (TPSA) is 116 Å². The van der Waals surface area contributed by atoms with E-state index >= 15 is 0 Å². The van der Waals surface area contributed by atoms with Crippen LogP contribution in [0.4, 0.5) is 5.82 Å². The third kappa shape index (κ3) is 4.30. The number of benzene rings is 1. The molecular formula is C21H24BrN5O3. The highest BCUT2D eigenvalue weighted by molar-refractivity contribution is 9.10. The van der Waals surface area contributed by atoms with Gasteiger partial charge in [-0.05, 0) is 30.5 Å². The predicted octanol–water partition coefficient (Wildman–Crippen LogP) is 3.47. The molecule has 0 fully saturated rings. The minimum Gasteiger partial charge on any atom is -0.367 e. The van der Waals surface area contributed by atoms with E-state index in [1.807, 2.05) is 18.2 Å². The quantitative estimate of drug-likeness (QED) is 0.343. The molecule has 0 saturated carbocycles. The molecule has 0 aliphatic heterocycles. The minimum absolute atomic E-state index is 0.0436. The number of amides is 2. The second-order valence-electron chi connectivity index (χ2n) is 8.27. The largest absolute Gasteiger partial charge is 0.367 e. The van der Waals surface area contributed by atoms with Crippen molar-refractivity contribution in [1.82, 2.24) is 20.8 Å². The summed E-state index contributed by atoms with van der Waals surface area (Å²) in [5.41, 5.74) is 4.57. The standard InChI is InChI=1S/C21H24BrN5O3/c1-10(21(3,4)5)24-18-13-7-6-12(22)8-14(13)16-17(25-18)15(9-23-20(16)30)19(29)27-26-11(2)28/h6-10H,1-5H3,(H,23,30)(H,24,25)(H,26,28)(H,27,29). The van der Waals surface area contributed by atoms with Crippen molar-refractivity contribution in [2.75, 3.05) is 5.32 Å². The Morgan fingerprint density at radius 3 is 2.50 bits per heavy atom. The van der Waals surface area contributed by atoms with E-state index in [1.165, 1.54) is 13.1 Å². The maximum Gasteiger partial charge on any atom is 0.273 e. The Labute approximate surface area is 181 Å². The van der Waals surface area contributed by atoms with Crippen LogP contribution in [0.25, 0.3) is 21.7 Å². The molecule has 1 atom stereocenters. The van der Waals surface area contributed by atoms with Crippen LogP contribution in [-0.4, -0.2) is 27.8 Å². The lowest BCUT2D eigenvalue weighted by Crippen LogP contribution is -2.40. The van der Waals surface area contributed by atoms with Crippen molar-refractivity contribution in [2.45, 2.75) is 40.7 Å². The highest BCUT2D eigenvalue weighted by atomic mass is 79.9. The highest BCUT2D eigenvalue weighted by Crippen LogP contribution is 2.33. The van der Waals surface area contributed by atoms with Gasteiger partial charge in [0.15, 0.2) is 0 Å². The maximum atomic E-state index is 12.7. The first-order valence-electron chi connectivity index (χ1n) is 9.47. The number of rotatable bonds is 3. The first kappa shape index (κ1) is 21.8. The number of carbonyl (C=O) groups is 2. The van der Waals surface area contributed by atoms with Gasteiger partial charge in [0.1, 0.15) is 5.82 Å². The van der Waals surface area contributed by atoms with Crippen molar-refractivity contribution in [3.63, 3.8) is 0 Å². The van der Waals surface area contributed by atoms with Crippen LogP contribution >= 0.6 is 15.9 Å². The number of aromatic nitrogens is 2. The molecule has 0 aliphatic rings. The number of carbonyl (C=O) groups excluding carboxylic acids is 2. The smallest absolute Gasteiger partial charge is 0.273 e. The molecule has 30 heavy (non-hydrogen) atoms. The second kappa shape index (κ2) is 8.06. The summed E-state index contributed by atoms with van der Waals surface area (Å²) >= 11 is 3.46. The van der Waals surface area contributed by atoms with Gasteiger partial charge in [0.05, 0.1) is 16.5 Å². The van der Waals surface area contributed by atoms with E-state index in [2.05, 4.69) is 69.8 Å². The summed E-state index contributed by atoms with van der Waals surface area (Å²) in [7, 11) is 0. The first-order valence-corrected chi connectivity index (χ1v) is 10.3. The fourth-order valence-corrected chi connectivity index (χ4v) is 3.27. The van der Waals surface area contributed by atoms with Crippen LogP contribution < -0.4 is 21.7 Å². The molecule has 0 aliphatic carbocycles. The van der Waals surface area contributed by atoms with Crippen LogP contribution in [0, 0.1) is 5.41 Å². The SMILES string of the molecule is CC(=O)NNC(=O)c1c[nH]c(=O)c2c1nc(NC(C)C(C)(C)C)c1ccc(Br)cc12. The molecule has 0 radical (unpaired) electrons. The van der Waals surface area contributed by atoms with Crippen molar-refractivity contribution < 1.29 is 9.59 Å². The fraction of sp³-hybridized carbons (Fsp3) is 0.333. The zero-order chi connectivity index (χ0) is 22.2. The van der Waals surface area contributed by atoms with Gasteiger partial charge < -0.3 is 10.3 Å². The maximum absolute atomic E-state index is 12.7. The van der Waals surface area contributed by atoms with E-state index in [0.717, 1.165) is 9.86 Å². The number of hydrogen-bond acceptors (Lipinski definition) is 5. The Balaban J connectivity index is 2.30. The summed E-state index contributed by atoms with van der Waals surface area (Å²) in [4.78, 5) is 43.8. The fourth-order valence-electron chi connectivity index (χ4n) is 2.91. The molecule has 9 heteroatoms. The number of pyridine rings is 2. The number of nitrogens with one attached hydrogen (secondary N) is 4. The number of anilines is 1. The average Bonchev–Trinajstić information content (AvgIpc) is 2.65. The van der Waals surface area contributed by atoms with Crippen LogP contribution in [0.15, 0.2) is 33.7 Å². The Bertz CT molecular complexity index is 1210. The van der Waals surface area contributed by atoms with Crippen molar-refractivity contribution in [3.05, 3.63) is 44.8 Å². The normalized spacial score (nSPS) is 12.6. The van der Waals surface area contributed by atoms with E-state index in [-0.39, 0.29) is 28.1 Å². The second-order valence-corrected chi connectivity index (χ2v) is 9.19. The van der Waals surface area contributed by atoms with E-state index in [9.17, 15) is 14.4 Å². The van der Waals surface area contributed by atoms with Gasteiger partial charge in [0.25, 0.3) is 11.5 Å². The molecule has 0 saturated heterocycles. The van der Waals surface area contributed by atoms with Crippen molar-refractivity contribution in [2.24, 2.45) is 5.41 Å². The van der Waals surface area contributed by atoms with Gasteiger partial charge in [-0.2, -0.15) is 0 Å². The highest BCUT2D eigenvalue weighted by Gasteiger charge is 2.23. The molecule has 2 aromatic heterocycles. The Morgan fingerprint density at radius 2 is 1.87 bits per heavy atom. The number of halogens is 1. The van der Waals surface area contributed by atoms with E-state index in [0.29, 0.717) is 16.6 Å². The number of H-pyrrole nitrogens is 1. The zero-order valence-electron chi connectivity index (χ0n) is 17.4. The minimum atomic E-state index is -0.580. The summed E-state index contributed by atoms with van der Waals surface area (Å²) in [5, 5.41) is 5.16. The van der Waals surface area contributed by atoms with Gasteiger partial charge in [-0.15, -0.1) is 0 Å². The summed E-state index contributed by atoms with van der Waals surface area (Å²) in [5.74, 6) is -0.421. The predicted molar refractivity (Wildman–Crippen MR) is 121 cm³/mol. The lowest BCUT2D eigenvalue weighted by atomic mass is 9.88. The van der Waals surface area contributed by atoms with Crippen LogP contribution in [0.2, 0.25) is 0 Å². The lowest BCUT2D eigenvalue weighted by molar-refractivity contribution is -0.119. The van der Waals surface area contributed by atoms with Gasteiger partial charge in [-0.3, -0.25) is 25.2 Å². The summed E-state index contributed by atoms with van der Waals surface area (Å²) in [6.07, 6.45) is 1.30.